The smallest absolute Gasteiger partial charge is 0.0739 e. The van der Waals surface area contributed by atoms with Crippen LogP contribution in [0, 0.1) is 6.92 Å². The van der Waals surface area contributed by atoms with Gasteiger partial charge < -0.3 is 4.90 Å². The SMILES string of the molecule is Cc1nn(C)c(CN(C)CCc2ccccc2)c1Br. The molecule has 0 saturated carbocycles. The molecule has 0 bridgehead atoms. The van der Waals surface area contributed by atoms with Crippen molar-refractivity contribution >= 4 is 15.9 Å². The summed E-state index contributed by atoms with van der Waals surface area (Å²) in [6.07, 6.45) is 1.08. The highest BCUT2D eigenvalue weighted by Crippen LogP contribution is 2.21. The maximum absolute atomic E-state index is 4.43. The fourth-order valence-electron chi connectivity index (χ4n) is 2.15. The van der Waals surface area contributed by atoms with Crippen LogP contribution in [0.25, 0.3) is 0 Å². The largest absolute Gasteiger partial charge is 0.300 e. The van der Waals surface area contributed by atoms with Gasteiger partial charge in [-0.15, -0.1) is 0 Å². The van der Waals surface area contributed by atoms with Crippen LogP contribution in [0.2, 0.25) is 0 Å². The van der Waals surface area contributed by atoms with Gasteiger partial charge in [0.05, 0.1) is 15.9 Å². The Morgan fingerprint density at radius 1 is 1.26 bits per heavy atom. The van der Waals surface area contributed by atoms with Crippen molar-refractivity contribution in [1.82, 2.24) is 14.7 Å². The van der Waals surface area contributed by atoms with Crippen LogP contribution in [0.15, 0.2) is 34.8 Å². The average molecular weight is 322 g/mol. The molecule has 0 atom stereocenters. The molecule has 19 heavy (non-hydrogen) atoms. The van der Waals surface area contributed by atoms with E-state index in [1.54, 1.807) is 0 Å². The van der Waals surface area contributed by atoms with E-state index < -0.39 is 0 Å². The van der Waals surface area contributed by atoms with Gasteiger partial charge in [0.15, 0.2) is 0 Å². The number of hydrogen-bond donors (Lipinski definition) is 0. The fraction of sp³-hybridized carbons (Fsp3) is 0.400. The molecule has 2 aromatic rings. The lowest BCUT2D eigenvalue weighted by Crippen LogP contribution is -2.22. The minimum atomic E-state index is 0.907. The molecule has 1 aromatic heterocycles. The first kappa shape index (κ1) is 14.3. The van der Waals surface area contributed by atoms with Crippen LogP contribution in [0.1, 0.15) is 17.0 Å². The molecule has 0 spiro atoms. The number of rotatable bonds is 5. The number of halogens is 1. The number of hydrogen-bond acceptors (Lipinski definition) is 2. The maximum atomic E-state index is 4.43. The van der Waals surface area contributed by atoms with Gasteiger partial charge >= 0.3 is 0 Å². The number of likely N-dealkylation sites (N-methyl/N-ethyl adjacent to an activating group) is 1. The van der Waals surface area contributed by atoms with Gasteiger partial charge in [-0.3, -0.25) is 4.68 Å². The van der Waals surface area contributed by atoms with Gasteiger partial charge in [0.1, 0.15) is 0 Å². The normalized spacial score (nSPS) is 11.2. The van der Waals surface area contributed by atoms with Gasteiger partial charge in [-0.25, -0.2) is 0 Å². The van der Waals surface area contributed by atoms with Crippen LogP contribution < -0.4 is 0 Å². The van der Waals surface area contributed by atoms with Crippen molar-refractivity contribution in [3.05, 3.63) is 51.8 Å². The van der Waals surface area contributed by atoms with E-state index in [4.69, 9.17) is 0 Å². The summed E-state index contributed by atoms with van der Waals surface area (Å²) >= 11 is 3.62. The van der Waals surface area contributed by atoms with Crippen molar-refractivity contribution in [3.63, 3.8) is 0 Å². The van der Waals surface area contributed by atoms with Gasteiger partial charge in [0, 0.05) is 20.1 Å². The highest BCUT2D eigenvalue weighted by atomic mass is 79.9. The Bertz CT molecular complexity index is 534. The molecule has 2 rings (SSSR count). The molecule has 0 aliphatic heterocycles. The van der Waals surface area contributed by atoms with E-state index in [9.17, 15) is 0 Å². The minimum Gasteiger partial charge on any atom is -0.300 e. The summed E-state index contributed by atoms with van der Waals surface area (Å²) in [6.45, 7) is 3.98. The molecule has 1 heterocycles. The monoisotopic (exact) mass is 321 g/mol. The Hall–Kier alpha value is -1.13. The summed E-state index contributed by atoms with van der Waals surface area (Å²) in [7, 11) is 4.15. The molecule has 0 N–H and O–H groups in total. The van der Waals surface area contributed by atoms with Crippen molar-refractivity contribution in [1.29, 1.82) is 0 Å². The van der Waals surface area contributed by atoms with Gasteiger partial charge in [-0.05, 0) is 41.9 Å². The lowest BCUT2D eigenvalue weighted by atomic mass is 10.1. The second-order valence-corrected chi connectivity index (χ2v) is 5.74. The molecular formula is C15H20BrN3. The standard InChI is InChI=1S/C15H20BrN3/c1-12-15(16)14(19(3)17-12)11-18(2)10-9-13-7-5-4-6-8-13/h4-8H,9-11H2,1-3H3. The van der Waals surface area contributed by atoms with Crippen LogP contribution in [0.3, 0.4) is 0 Å². The highest BCUT2D eigenvalue weighted by Gasteiger charge is 2.12. The van der Waals surface area contributed by atoms with Crippen LogP contribution in [0.4, 0.5) is 0 Å². The third kappa shape index (κ3) is 3.67. The third-order valence-electron chi connectivity index (χ3n) is 3.31. The zero-order valence-electron chi connectivity index (χ0n) is 11.7. The Labute approximate surface area is 123 Å². The van der Waals surface area contributed by atoms with Crippen LogP contribution in [-0.4, -0.2) is 28.3 Å². The quantitative estimate of drug-likeness (QED) is 0.843. The second-order valence-electron chi connectivity index (χ2n) is 4.94. The first-order valence-corrected chi connectivity index (χ1v) is 7.27. The molecule has 0 fully saturated rings. The molecule has 4 heteroatoms. The number of aromatic nitrogens is 2. The second kappa shape index (κ2) is 6.35. The summed E-state index contributed by atoms with van der Waals surface area (Å²) in [5.41, 5.74) is 3.66. The van der Waals surface area contributed by atoms with Gasteiger partial charge in [0.2, 0.25) is 0 Å². The zero-order valence-corrected chi connectivity index (χ0v) is 13.3. The lowest BCUT2D eigenvalue weighted by molar-refractivity contribution is 0.320. The Balaban J connectivity index is 1.92. The molecule has 0 aliphatic rings. The predicted molar refractivity (Wildman–Crippen MR) is 82.1 cm³/mol. The van der Waals surface area contributed by atoms with E-state index in [1.807, 2.05) is 18.7 Å². The molecule has 0 unspecified atom stereocenters. The molecule has 1 aromatic carbocycles. The molecular weight excluding hydrogens is 302 g/mol. The maximum Gasteiger partial charge on any atom is 0.0739 e. The summed E-state index contributed by atoms with van der Waals surface area (Å²) in [4.78, 5) is 2.33. The molecule has 3 nitrogen and oxygen atoms in total. The van der Waals surface area contributed by atoms with Crippen molar-refractivity contribution in [2.45, 2.75) is 19.9 Å². The number of benzene rings is 1. The Morgan fingerprint density at radius 3 is 2.53 bits per heavy atom. The molecule has 0 amide bonds. The van der Waals surface area contributed by atoms with E-state index in [2.05, 4.69) is 63.3 Å². The first-order chi connectivity index (χ1) is 9.08. The first-order valence-electron chi connectivity index (χ1n) is 6.48. The van der Waals surface area contributed by atoms with E-state index in [0.29, 0.717) is 0 Å². The summed E-state index contributed by atoms with van der Waals surface area (Å²) < 4.78 is 3.08. The minimum absolute atomic E-state index is 0.907. The lowest BCUT2D eigenvalue weighted by Gasteiger charge is -2.17. The van der Waals surface area contributed by atoms with Crippen LogP contribution in [-0.2, 0) is 20.0 Å². The van der Waals surface area contributed by atoms with Crippen molar-refractivity contribution in [2.75, 3.05) is 13.6 Å². The summed E-state index contributed by atoms with van der Waals surface area (Å²) in [6, 6.07) is 10.6. The molecule has 102 valence electrons. The van der Waals surface area contributed by atoms with Crippen molar-refractivity contribution in [3.8, 4) is 0 Å². The topological polar surface area (TPSA) is 21.1 Å². The fourth-order valence-corrected chi connectivity index (χ4v) is 2.61. The average Bonchev–Trinajstić information content (AvgIpc) is 2.64. The molecule has 0 radical (unpaired) electrons. The van der Waals surface area contributed by atoms with Crippen molar-refractivity contribution in [2.24, 2.45) is 7.05 Å². The third-order valence-corrected chi connectivity index (χ3v) is 4.34. The Morgan fingerprint density at radius 2 is 1.95 bits per heavy atom. The van der Waals surface area contributed by atoms with E-state index in [0.717, 1.165) is 29.7 Å². The van der Waals surface area contributed by atoms with Crippen LogP contribution in [0.5, 0.6) is 0 Å². The van der Waals surface area contributed by atoms with E-state index in [1.165, 1.54) is 11.3 Å². The van der Waals surface area contributed by atoms with Gasteiger partial charge in [0.25, 0.3) is 0 Å². The number of aryl methyl sites for hydroxylation is 2. The van der Waals surface area contributed by atoms with Crippen LogP contribution >= 0.6 is 15.9 Å². The summed E-state index contributed by atoms with van der Waals surface area (Å²) in [5, 5.41) is 4.43. The highest BCUT2D eigenvalue weighted by molar-refractivity contribution is 9.10. The molecule has 0 saturated heterocycles. The Kier molecular flexibility index (Phi) is 4.77. The van der Waals surface area contributed by atoms with Gasteiger partial charge in [-0.1, -0.05) is 30.3 Å². The van der Waals surface area contributed by atoms with E-state index in [-0.39, 0.29) is 0 Å². The van der Waals surface area contributed by atoms with Gasteiger partial charge in [-0.2, -0.15) is 5.10 Å². The summed E-state index contributed by atoms with van der Waals surface area (Å²) in [5.74, 6) is 0. The predicted octanol–water partition coefficient (Wildman–Crippen LogP) is 3.17. The van der Waals surface area contributed by atoms with E-state index >= 15 is 0 Å². The zero-order chi connectivity index (χ0) is 13.8. The number of nitrogens with zero attached hydrogens (tertiary/aromatic N) is 3. The van der Waals surface area contributed by atoms with Crippen molar-refractivity contribution < 1.29 is 0 Å². The molecule has 0 aliphatic carbocycles.